The van der Waals surface area contributed by atoms with Crippen LogP contribution in [0.25, 0.3) is 0 Å². The summed E-state index contributed by atoms with van der Waals surface area (Å²) in [7, 11) is 1.56. The second-order valence-electron chi connectivity index (χ2n) is 3.03. The molecule has 0 bridgehead atoms. The predicted molar refractivity (Wildman–Crippen MR) is 55.8 cm³/mol. The van der Waals surface area contributed by atoms with E-state index in [1.807, 2.05) is 0 Å². The van der Waals surface area contributed by atoms with Gasteiger partial charge in [0.2, 0.25) is 0 Å². The standard InChI is InChI=1S/C10H10ClNO3/c1-12-10(13)6-2-3-7(11)9-8(6)14-4-5-15-9/h2-3H,4-5H2,1H3,(H,12,13). The van der Waals surface area contributed by atoms with E-state index in [2.05, 4.69) is 5.32 Å². The number of nitrogens with one attached hydrogen (secondary N) is 1. The van der Waals surface area contributed by atoms with Gasteiger partial charge in [0.15, 0.2) is 11.5 Å². The van der Waals surface area contributed by atoms with Gasteiger partial charge in [-0.25, -0.2) is 0 Å². The fraction of sp³-hybridized carbons (Fsp3) is 0.300. The second-order valence-corrected chi connectivity index (χ2v) is 3.44. The fourth-order valence-corrected chi connectivity index (χ4v) is 1.62. The van der Waals surface area contributed by atoms with Crippen molar-refractivity contribution in [2.24, 2.45) is 0 Å². The van der Waals surface area contributed by atoms with E-state index in [1.165, 1.54) is 0 Å². The number of carbonyl (C=O) groups excluding carboxylic acids is 1. The topological polar surface area (TPSA) is 47.6 Å². The number of ether oxygens (including phenoxy) is 2. The molecule has 0 saturated carbocycles. The molecule has 0 aliphatic carbocycles. The molecule has 0 saturated heterocycles. The van der Waals surface area contributed by atoms with Crippen LogP contribution in [-0.2, 0) is 0 Å². The Hall–Kier alpha value is -1.42. The minimum Gasteiger partial charge on any atom is -0.485 e. The highest BCUT2D eigenvalue weighted by molar-refractivity contribution is 6.32. The maximum atomic E-state index is 11.5. The number of halogens is 1. The summed E-state index contributed by atoms with van der Waals surface area (Å²) in [5, 5.41) is 2.99. The maximum Gasteiger partial charge on any atom is 0.254 e. The van der Waals surface area contributed by atoms with Gasteiger partial charge in [0.05, 0.1) is 10.6 Å². The van der Waals surface area contributed by atoms with Crippen LogP contribution in [0.15, 0.2) is 12.1 Å². The van der Waals surface area contributed by atoms with Gasteiger partial charge in [0.25, 0.3) is 5.91 Å². The third-order valence-corrected chi connectivity index (χ3v) is 2.41. The summed E-state index contributed by atoms with van der Waals surface area (Å²) in [6, 6.07) is 3.24. The van der Waals surface area contributed by atoms with E-state index in [0.717, 1.165) is 0 Å². The SMILES string of the molecule is CNC(=O)c1ccc(Cl)c2c1OCCO2. The minimum absolute atomic E-state index is 0.214. The van der Waals surface area contributed by atoms with Crippen LogP contribution >= 0.6 is 11.6 Å². The van der Waals surface area contributed by atoms with Crippen LogP contribution in [0.1, 0.15) is 10.4 Å². The van der Waals surface area contributed by atoms with E-state index < -0.39 is 0 Å². The Labute approximate surface area is 92.1 Å². The molecule has 0 spiro atoms. The van der Waals surface area contributed by atoms with Crippen molar-refractivity contribution in [1.29, 1.82) is 0 Å². The Morgan fingerprint density at radius 3 is 2.67 bits per heavy atom. The summed E-state index contributed by atoms with van der Waals surface area (Å²) in [4.78, 5) is 11.5. The molecule has 0 aromatic heterocycles. The summed E-state index contributed by atoms with van der Waals surface area (Å²) in [6.07, 6.45) is 0. The number of fused-ring (bicyclic) bond motifs is 1. The number of benzene rings is 1. The first kappa shape index (κ1) is 10.1. The molecule has 1 aliphatic rings. The van der Waals surface area contributed by atoms with E-state index >= 15 is 0 Å². The van der Waals surface area contributed by atoms with Crippen LogP contribution in [0, 0.1) is 0 Å². The van der Waals surface area contributed by atoms with E-state index in [4.69, 9.17) is 21.1 Å². The first-order valence-corrected chi connectivity index (χ1v) is 4.92. The van der Waals surface area contributed by atoms with Gasteiger partial charge in [0.1, 0.15) is 13.2 Å². The van der Waals surface area contributed by atoms with Crippen molar-refractivity contribution in [2.45, 2.75) is 0 Å². The molecular weight excluding hydrogens is 218 g/mol. The van der Waals surface area contributed by atoms with E-state index in [1.54, 1.807) is 19.2 Å². The zero-order valence-electron chi connectivity index (χ0n) is 8.17. The molecule has 0 radical (unpaired) electrons. The van der Waals surface area contributed by atoms with E-state index in [0.29, 0.717) is 35.3 Å². The van der Waals surface area contributed by atoms with E-state index in [-0.39, 0.29) is 5.91 Å². The van der Waals surface area contributed by atoms with Crippen LogP contribution in [0.4, 0.5) is 0 Å². The fourth-order valence-electron chi connectivity index (χ4n) is 1.42. The Bertz CT molecular complexity index is 406. The maximum absolute atomic E-state index is 11.5. The molecule has 1 N–H and O–H groups in total. The lowest BCUT2D eigenvalue weighted by Crippen LogP contribution is -2.22. The molecule has 80 valence electrons. The van der Waals surface area contributed by atoms with Gasteiger partial charge in [0, 0.05) is 7.05 Å². The number of carbonyl (C=O) groups is 1. The number of rotatable bonds is 1. The highest BCUT2D eigenvalue weighted by Crippen LogP contribution is 2.39. The van der Waals surface area contributed by atoms with Crippen molar-refractivity contribution in [3.05, 3.63) is 22.7 Å². The van der Waals surface area contributed by atoms with E-state index in [9.17, 15) is 4.79 Å². The normalized spacial score (nSPS) is 13.5. The molecule has 1 aliphatic heterocycles. The molecule has 5 heteroatoms. The summed E-state index contributed by atoms with van der Waals surface area (Å²) in [6.45, 7) is 0.876. The van der Waals surface area contributed by atoms with Gasteiger partial charge in [-0.05, 0) is 12.1 Å². The Morgan fingerprint density at radius 2 is 2.00 bits per heavy atom. The van der Waals surface area contributed by atoms with Crippen molar-refractivity contribution < 1.29 is 14.3 Å². The second kappa shape index (κ2) is 3.98. The molecule has 0 atom stereocenters. The molecular formula is C10H10ClNO3. The summed E-state index contributed by atoms with van der Waals surface area (Å²) in [5.74, 6) is 0.658. The number of amides is 1. The zero-order chi connectivity index (χ0) is 10.8. The van der Waals surface area contributed by atoms with Crippen LogP contribution in [0.5, 0.6) is 11.5 Å². The van der Waals surface area contributed by atoms with Crippen LogP contribution in [0.3, 0.4) is 0 Å². The molecule has 1 aromatic carbocycles. The monoisotopic (exact) mass is 227 g/mol. The quantitative estimate of drug-likeness (QED) is 0.791. The highest BCUT2D eigenvalue weighted by atomic mass is 35.5. The molecule has 15 heavy (non-hydrogen) atoms. The average molecular weight is 228 g/mol. The predicted octanol–water partition coefficient (Wildman–Crippen LogP) is 1.47. The van der Waals surface area contributed by atoms with Gasteiger partial charge < -0.3 is 14.8 Å². The zero-order valence-corrected chi connectivity index (χ0v) is 8.93. The van der Waals surface area contributed by atoms with Crippen molar-refractivity contribution in [3.8, 4) is 11.5 Å². The first-order valence-electron chi connectivity index (χ1n) is 4.54. The van der Waals surface area contributed by atoms with Gasteiger partial charge in [-0.15, -0.1) is 0 Å². The highest BCUT2D eigenvalue weighted by Gasteiger charge is 2.22. The third kappa shape index (κ3) is 1.72. The van der Waals surface area contributed by atoms with Crippen LogP contribution < -0.4 is 14.8 Å². The summed E-state index contributed by atoms with van der Waals surface area (Å²) in [5.41, 5.74) is 0.441. The van der Waals surface area contributed by atoms with Crippen molar-refractivity contribution >= 4 is 17.5 Å². The molecule has 1 amide bonds. The largest absolute Gasteiger partial charge is 0.485 e. The number of hydrogen-bond donors (Lipinski definition) is 1. The smallest absolute Gasteiger partial charge is 0.254 e. The van der Waals surface area contributed by atoms with Crippen molar-refractivity contribution in [2.75, 3.05) is 20.3 Å². The third-order valence-electron chi connectivity index (χ3n) is 2.11. The lowest BCUT2D eigenvalue weighted by molar-refractivity contribution is 0.0952. The summed E-state index contributed by atoms with van der Waals surface area (Å²) < 4.78 is 10.7. The lowest BCUT2D eigenvalue weighted by Gasteiger charge is -2.21. The summed E-state index contributed by atoms with van der Waals surface area (Å²) >= 11 is 5.93. The number of hydrogen-bond acceptors (Lipinski definition) is 3. The molecule has 0 unspecified atom stereocenters. The van der Waals surface area contributed by atoms with Gasteiger partial charge in [-0.2, -0.15) is 0 Å². The molecule has 1 aromatic rings. The molecule has 1 heterocycles. The Balaban J connectivity index is 2.52. The molecule has 4 nitrogen and oxygen atoms in total. The van der Waals surface area contributed by atoms with Gasteiger partial charge in [-0.3, -0.25) is 4.79 Å². The van der Waals surface area contributed by atoms with Crippen LogP contribution in [0.2, 0.25) is 5.02 Å². The molecule has 2 rings (SSSR count). The van der Waals surface area contributed by atoms with Gasteiger partial charge >= 0.3 is 0 Å². The average Bonchev–Trinajstić information content (AvgIpc) is 2.29. The first-order chi connectivity index (χ1) is 7.24. The molecule has 0 fully saturated rings. The van der Waals surface area contributed by atoms with Crippen LogP contribution in [-0.4, -0.2) is 26.2 Å². The lowest BCUT2D eigenvalue weighted by atomic mass is 10.1. The van der Waals surface area contributed by atoms with Crippen molar-refractivity contribution in [3.63, 3.8) is 0 Å². The Morgan fingerprint density at radius 1 is 1.33 bits per heavy atom. The van der Waals surface area contributed by atoms with Crippen molar-refractivity contribution in [1.82, 2.24) is 5.32 Å². The van der Waals surface area contributed by atoms with Gasteiger partial charge in [-0.1, -0.05) is 11.6 Å². The minimum atomic E-state index is -0.214. The Kier molecular flexibility index (Phi) is 2.68.